The molecule has 0 radical (unpaired) electrons. The maximum absolute atomic E-state index is 13.1. The second-order valence-corrected chi connectivity index (χ2v) is 7.42. The fraction of sp³-hybridized carbons (Fsp3) is 0.778. The lowest BCUT2D eigenvalue weighted by molar-refractivity contribution is -0.137. The smallest absolute Gasteiger partial charge is 0.237 e. The van der Waals surface area contributed by atoms with E-state index in [9.17, 15) is 4.79 Å². The molecule has 0 spiro atoms. The standard InChI is InChI=1S/C18H31N5O/c1-14(2)23(15-6-4-5-7-15)17(24)13-22-11-8-19-12-16(22)18-20-9-10-21(18)3/h9-10,14-16,19H,4-8,11-13H2,1-3H3. The minimum absolute atomic E-state index is 0.167. The molecule has 1 atom stereocenters. The zero-order chi connectivity index (χ0) is 17.1. The molecule has 0 aromatic carbocycles. The van der Waals surface area contributed by atoms with Crippen molar-refractivity contribution in [2.24, 2.45) is 7.05 Å². The highest BCUT2D eigenvalue weighted by Gasteiger charge is 2.33. The molecule has 1 unspecified atom stereocenters. The second kappa shape index (κ2) is 7.66. The van der Waals surface area contributed by atoms with Crippen LogP contribution in [0.15, 0.2) is 12.4 Å². The van der Waals surface area contributed by atoms with E-state index < -0.39 is 0 Å². The Balaban J connectivity index is 1.71. The molecular weight excluding hydrogens is 302 g/mol. The highest BCUT2D eigenvalue weighted by molar-refractivity contribution is 5.79. The summed E-state index contributed by atoms with van der Waals surface area (Å²) in [4.78, 5) is 22.0. The summed E-state index contributed by atoms with van der Waals surface area (Å²) in [6.45, 7) is 7.45. The average molecular weight is 333 g/mol. The predicted molar refractivity (Wildman–Crippen MR) is 94.6 cm³/mol. The van der Waals surface area contributed by atoms with E-state index >= 15 is 0 Å². The van der Waals surface area contributed by atoms with Gasteiger partial charge in [-0.1, -0.05) is 12.8 Å². The van der Waals surface area contributed by atoms with Gasteiger partial charge in [0.25, 0.3) is 0 Å². The molecule has 3 rings (SSSR count). The van der Waals surface area contributed by atoms with Crippen LogP contribution in [0.4, 0.5) is 0 Å². The molecular formula is C18H31N5O. The Morgan fingerprint density at radius 2 is 2.17 bits per heavy atom. The Morgan fingerprint density at radius 3 is 2.79 bits per heavy atom. The number of nitrogens with one attached hydrogen (secondary N) is 1. The van der Waals surface area contributed by atoms with Crippen LogP contribution in [0.1, 0.15) is 51.4 Å². The Labute approximate surface area is 145 Å². The maximum Gasteiger partial charge on any atom is 0.237 e. The third-order valence-corrected chi connectivity index (χ3v) is 5.41. The molecule has 0 bridgehead atoms. The fourth-order valence-electron chi connectivity index (χ4n) is 4.24. The summed E-state index contributed by atoms with van der Waals surface area (Å²) in [6, 6.07) is 0.877. The summed E-state index contributed by atoms with van der Waals surface area (Å²) >= 11 is 0. The summed E-state index contributed by atoms with van der Waals surface area (Å²) in [5.74, 6) is 1.31. The molecule has 1 saturated heterocycles. The van der Waals surface area contributed by atoms with Gasteiger partial charge in [0.15, 0.2) is 0 Å². The molecule has 1 aromatic rings. The topological polar surface area (TPSA) is 53.4 Å². The predicted octanol–water partition coefficient (Wildman–Crippen LogP) is 1.55. The molecule has 2 aliphatic rings. The van der Waals surface area contributed by atoms with Crippen molar-refractivity contribution < 1.29 is 4.79 Å². The van der Waals surface area contributed by atoms with E-state index in [1.807, 2.05) is 19.4 Å². The van der Waals surface area contributed by atoms with Crippen molar-refractivity contribution in [3.8, 4) is 0 Å². The number of aryl methyl sites for hydroxylation is 1. The van der Waals surface area contributed by atoms with Crippen LogP contribution in [0, 0.1) is 0 Å². The fourth-order valence-corrected chi connectivity index (χ4v) is 4.24. The second-order valence-electron chi connectivity index (χ2n) is 7.42. The molecule has 6 nitrogen and oxygen atoms in total. The molecule has 2 fully saturated rings. The van der Waals surface area contributed by atoms with Crippen molar-refractivity contribution in [2.45, 2.75) is 57.7 Å². The van der Waals surface area contributed by atoms with Crippen molar-refractivity contribution in [1.82, 2.24) is 24.7 Å². The average Bonchev–Trinajstić information content (AvgIpc) is 3.19. The van der Waals surface area contributed by atoms with Crippen LogP contribution in [0.25, 0.3) is 0 Å². The highest BCUT2D eigenvalue weighted by Crippen LogP contribution is 2.26. The van der Waals surface area contributed by atoms with Crippen LogP contribution in [0.5, 0.6) is 0 Å². The molecule has 1 N–H and O–H groups in total. The van der Waals surface area contributed by atoms with Gasteiger partial charge in [-0.25, -0.2) is 4.98 Å². The van der Waals surface area contributed by atoms with Crippen molar-refractivity contribution in [3.63, 3.8) is 0 Å². The quantitative estimate of drug-likeness (QED) is 0.888. The minimum Gasteiger partial charge on any atom is -0.337 e. The van der Waals surface area contributed by atoms with Gasteiger partial charge < -0.3 is 14.8 Å². The number of hydrogen-bond acceptors (Lipinski definition) is 4. The highest BCUT2D eigenvalue weighted by atomic mass is 16.2. The van der Waals surface area contributed by atoms with E-state index in [4.69, 9.17) is 0 Å². The van der Waals surface area contributed by atoms with Crippen molar-refractivity contribution >= 4 is 5.91 Å². The zero-order valence-corrected chi connectivity index (χ0v) is 15.2. The molecule has 24 heavy (non-hydrogen) atoms. The van der Waals surface area contributed by atoms with Crippen LogP contribution >= 0.6 is 0 Å². The van der Waals surface area contributed by atoms with Gasteiger partial charge in [0.2, 0.25) is 5.91 Å². The van der Waals surface area contributed by atoms with Crippen LogP contribution in [0.3, 0.4) is 0 Å². The first-order chi connectivity index (χ1) is 11.6. The van der Waals surface area contributed by atoms with Gasteiger partial charge in [-0.2, -0.15) is 0 Å². The van der Waals surface area contributed by atoms with E-state index in [0.717, 1.165) is 38.3 Å². The van der Waals surface area contributed by atoms with Crippen LogP contribution in [0.2, 0.25) is 0 Å². The number of carbonyl (C=O) groups is 1. The van der Waals surface area contributed by atoms with Crippen molar-refractivity contribution in [3.05, 3.63) is 18.2 Å². The molecule has 2 heterocycles. The van der Waals surface area contributed by atoms with Gasteiger partial charge in [0.05, 0.1) is 12.6 Å². The van der Waals surface area contributed by atoms with Gasteiger partial charge in [0.1, 0.15) is 5.82 Å². The van der Waals surface area contributed by atoms with Gasteiger partial charge in [-0.15, -0.1) is 0 Å². The number of hydrogen-bond donors (Lipinski definition) is 1. The number of aromatic nitrogens is 2. The SMILES string of the molecule is CC(C)N(C(=O)CN1CCNCC1c1nccn1C)C1CCCC1. The van der Waals surface area contributed by atoms with Crippen molar-refractivity contribution in [1.29, 1.82) is 0 Å². The Bertz CT molecular complexity index is 549. The van der Waals surface area contributed by atoms with E-state index in [0.29, 0.717) is 12.6 Å². The first-order valence-corrected chi connectivity index (χ1v) is 9.31. The zero-order valence-electron chi connectivity index (χ0n) is 15.2. The number of nitrogens with zero attached hydrogens (tertiary/aromatic N) is 4. The van der Waals surface area contributed by atoms with Crippen molar-refractivity contribution in [2.75, 3.05) is 26.2 Å². The number of imidazole rings is 1. The monoisotopic (exact) mass is 333 g/mol. The molecule has 1 saturated carbocycles. The molecule has 1 aromatic heterocycles. The van der Waals surface area contributed by atoms with Gasteiger partial charge >= 0.3 is 0 Å². The van der Waals surface area contributed by atoms with Gasteiger partial charge in [-0.3, -0.25) is 9.69 Å². The van der Waals surface area contributed by atoms with E-state index in [-0.39, 0.29) is 18.0 Å². The molecule has 1 amide bonds. The lowest BCUT2D eigenvalue weighted by Gasteiger charge is -2.39. The Hall–Kier alpha value is -1.40. The largest absolute Gasteiger partial charge is 0.337 e. The van der Waals surface area contributed by atoms with Gasteiger partial charge in [-0.05, 0) is 26.7 Å². The number of piperazine rings is 1. The normalized spacial score (nSPS) is 23.1. The number of rotatable bonds is 5. The summed E-state index contributed by atoms with van der Waals surface area (Å²) in [6.07, 6.45) is 8.64. The van der Waals surface area contributed by atoms with Crippen LogP contribution in [-0.2, 0) is 11.8 Å². The lowest BCUT2D eigenvalue weighted by Crippen LogP contribution is -2.53. The third kappa shape index (κ3) is 3.64. The first-order valence-electron chi connectivity index (χ1n) is 9.31. The molecule has 134 valence electrons. The third-order valence-electron chi connectivity index (χ3n) is 5.41. The molecule has 1 aliphatic heterocycles. The first kappa shape index (κ1) is 17.4. The lowest BCUT2D eigenvalue weighted by atomic mass is 10.1. The van der Waals surface area contributed by atoms with E-state index in [1.54, 1.807) is 0 Å². The summed E-state index contributed by atoms with van der Waals surface area (Å²) in [7, 11) is 2.02. The summed E-state index contributed by atoms with van der Waals surface area (Å²) < 4.78 is 2.06. The Kier molecular flexibility index (Phi) is 5.56. The van der Waals surface area contributed by atoms with Crippen LogP contribution < -0.4 is 5.32 Å². The Morgan fingerprint density at radius 1 is 1.42 bits per heavy atom. The van der Waals surface area contributed by atoms with E-state index in [2.05, 4.69) is 38.5 Å². The van der Waals surface area contributed by atoms with Crippen LogP contribution in [-0.4, -0.2) is 63.5 Å². The number of amides is 1. The molecule has 6 heteroatoms. The summed E-state index contributed by atoms with van der Waals surface area (Å²) in [5.41, 5.74) is 0. The minimum atomic E-state index is 0.167. The summed E-state index contributed by atoms with van der Waals surface area (Å²) in [5, 5.41) is 3.44. The molecule has 1 aliphatic carbocycles. The van der Waals surface area contributed by atoms with Gasteiger partial charge in [0, 0.05) is 51.2 Å². The number of carbonyl (C=O) groups excluding carboxylic acids is 1. The maximum atomic E-state index is 13.1. The van der Waals surface area contributed by atoms with E-state index in [1.165, 1.54) is 12.8 Å².